The van der Waals surface area contributed by atoms with Crippen molar-refractivity contribution in [3.63, 3.8) is 0 Å². The number of carbonyl (C=O) groups excluding carboxylic acids is 7. The summed E-state index contributed by atoms with van der Waals surface area (Å²) in [5.41, 5.74) is 12.2. The number of nitrogen functional groups attached to an aromatic ring is 1. The SMILES string of the molecule is Cc1c(C(=O)OC(C)(C)C)ccc2c1CC[C@@H]2NC(=O)c1cc(C(=O)NCc2ccc(F)c(F)c2)nc2c(N)cnn12.Cc1c(C(=O)OC(C)(C)C)ccc2c1CC[C@@H]2NC(=O)c1cc(C(=O)NCc2ccc(F)c(F)c2)nc2c(NC(=O)Nc3ccccc3)cnn12. The third-order valence-electron chi connectivity index (χ3n) is 15.3. The van der Waals surface area contributed by atoms with E-state index in [2.05, 4.69) is 52.1 Å². The summed E-state index contributed by atoms with van der Waals surface area (Å²) in [5, 5.41) is 25.0. The first-order valence-electron chi connectivity index (χ1n) is 29.5. The Morgan fingerprint density at radius 2 is 1.00 bits per heavy atom. The van der Waals surface area contributed by atoms with E-state index in [1.807, 2.05) is 40.7 Å². The normalized spacial score (nSPS) is 14.1. The molecule has 0 unspecified atom stereocenters. The molecule has 2 atom stereocenters. The number of nitrogens with zero attached hydrogens (tertiary/aromatic N) is 6. The van der Waals surface area contributed by atoms with Crippen molar-refractivity contribution < 1.29 is 60.6 Å². The number of anilines is 3. The van der Waals surface area contributed by atoms with Gasteiger partial charge in [0.15, 0.2) is 34.6 Å². The first kappa shape index (κ1) is 64.9. The molecule has 4 aromatic heterocycles. The van der Waals surface area contributed by atoms with Gasteiger partial charge < -0.3 is 47.1 Å². The minimum atomic E-state index is -1.06. The lowest BCUT2D eigenvalue weighted by atomic mass is 9.97. The Morgan fingerprint density at radius 3 is 1.46 bits per heavy atom. The minimum Gasteiger partial charge on any atom is -0.456 e. The van der Waals surface area contributed by atoms with Gasteiger partial charge >= 0.3 is 18.0 Å². The van der Waals surface area contributed by atoms with Crippen LogP contribution in [0.15, 0.2) is 116 Å². The molecule has 0 spiro atoms. The zero-order chi connectivity index (χ0) is 66.8. The van der Waals surface area contributed by atoms with E-state index in [-0.39, 0.29) is 64.6 Å². The molecule has 0 radical (unpaired) electrons. The largest absolute Gasteiger partial charge is 0.456 e. The van der Waals surface area contributed by atoms with Crippen molar-refractivity contribution in [1.82, 2.24) is 50.5 Å². The first-order chi connectivity index (χ1) is 44.1. The predicted molar refractivity (Wildman–Crippen MR) is 334 cm³/mol. The number of hydrogen-bond donors (Lipinski definition) is 7. The Morgan fingerprint density at radius 1 is 0.548 bits per heavy atom. The summed E-state index contributed by atoms with van der Waals surface area (Å²) in [6.07, 6.45) is 5.06. The van der Waals surface area contributed by atoms with Crippen LogP contribution >= 0.6 is 0 Å². The van der Waals surface area contributed by atoms with Gasteiger partial charge in [0.05, 0.1) is 41.3 Å². The molecule has 5 aromatic carbocycles. The fourth-order valence-corrected chi connectivity index (χ4v) is 10.9. The Labute approximate surface area is 530 Å². The molecule has 2 aliphatic carbocycles. The second-order valence-corrected chi connectivity index (χ2v) is 24.2. The molecule has 480 valence electrons. The molecule has 26 heteroatoms. The third kappa shape index (κ3) is 14.8. The van der Waals surface area contributed by atoms with Crippen LogP contribution in [0.4, 0.5) is 39.4 Å². The van der Waals surface area contributed by atoms with Crippen LogP contribution in [0.1, 0.15) is 174 Å². The van der Waals surface area contributed by atoms with Gasteiger partial charge in [0.1, 0.15) is 39.7 Å². The van der Waals surface area contributed by atoms with Crippen LogP contribution in [0.5, 0.6) is 0 Å². The number of hydrogen-bond acceptors (Lipinski definition) is 14. The van der Waals surface area contributed by atoms with E-state index in [0.717, 1.165) is 57.6 Å². The molecule has 11 rings (SSSR count). The standard InChI is InChI=1S/C37H35F2N7O5.C30H30F2N6O4/c1-20-23-13-15-28(25(23)12-11-24(20)35(49)51-37(2,3)4)44-34(48)31-17-29(33(47)40-18-21-10-14-26(38)27(39)16-21)43-32-30(19-41-46(31)32)45-36(50)42-22-8-6-5-7-9-22;1-15-17-8-10-23(19(17)7-6-18(15)29(41)42-30(2,3)4)37-28(40)25-12-24(36-26-22(33)14-35-38(25)26)27(39)34-13-16-5-9-20(31)21(32)11-16/h5-12,14,16-17,19,28H,13,15,18H2,1-4H3,(H,40,47)(H,44,48)(H2,42,45,50);5-7,9,11-12,14,23H,8,10,13,33H2,1-4H3,(H,34,39)(H,37,40)/t28-;23-/m00/s1. The molecular weight excluding hydrogens is 1210 g/mol. The van der Waals surface area contributed by atoms with Crippen LogP contribution in [0.2, 0.25) is 0 Å². The van der Waals surface area contributed by atoms with Crippen LogP contribution in [0.25, 0.3) is 11.3 Å². The van der Waals surface area contributed by atoms with E-state index in [0.29, 0.717) is 53.6 Å². The first-order valence-corrected chi connectivity index (χ1v) is 29.5. The monoisotopic (exact) mass is 1270 g/mol. The summed E-state index contributed by atoms with van der Waals surface area (Å²) < 4.78 is 67.6. The molecule has 0 saturated heterocycles. The highest BCUT2D eigenvalue weighted by Crippen LogP contribution is 2.37. The van der Waals surface area contributed by atoms with Gasteiger partial charge in [-0.3, -0.25) is 19.2 Å². The number of halogens is 4. The summed E-state index contributed by atoms with van der Waals surface area (Å²) in [5.74, 6) is -7.38. The van der Waals surface area contributed by atoms with Gasteiger partial charge in [-0.05, 0) is 174 Å². The van der Waals surface area contributed by atoms with Crippen molar-refractivity contribution in [2.24, 2.45) is 0 Å². The number of nitrogens with one attached hydrogen (secondary N) is 6. The molecule has 22 nitrogen and oxygen atoms in total. The second kappa shape index (κ2) is 26.4. The lowest BCUT2D eigenvalue weighted by Gasteiger charge is -2.21. The highest BCUT2D eigenvalue weighted by molar-refractivity contribution is 6.04. The number of rotatable bonds is 14. The Bertz CT molecular complexity index is 4480. The van der Waals surface area contributed by atoms with E-state index in [1.54, 1.807) is 69.3 Å². The van der Waals surface area contributed by atoms with Crippen LogP contribution in [0.3, 0.4) is 0 Å². The number of ether oxygens (including phenoxy) is 2. The lowest BCUT2D eigenvalue weighted by Crippen LogP contribution is -2.31. The van der Waals surface area contributed by atoms with E-state index < -0.39 is 82.1 Å². The van der Waals surface area contributed by atoms with Crippen molar-refractivity contribution in [2.75, 3.05) is 16.4 Å². The molecule has 9 aromatic rings. The van der Waals surface area contributed by atoms with Gasteiger partial charge in [-0.15, -0.1) is 0 Å². The summed E-state index contributed by atoms with van der Waals surface area (Å²) in [6, 6.07) is 23.5. The lowest BCUT2D eigenvalue weighted by molar-refractivity contribution is 0.00559. The minimum absolute atomic E-state index is 0.00788. The zero-order valence-electron chi connectivity index (χ0n) is 51.8. The molecule has 0 fully saturated rings. The Balaban J connectivity index is 0.000000207. The predicted octanol–water partition coefficient (Wildman–Crippen LogP) is 10.5. The molecule has 0 aliphatic heterocycles. The maximum Gasteiger partial charge on any atom is 0.338 e. The quantitative estimate of drug-likeness (QED) is 0.0394. The molecule has 0 bridgehead atoms. The number of urea groups is 1. The smallest absolute Gasteiger partial charge is 0.338 e. The van der Waals surface area contributed by atoms with Gasteiger partial charge in [0.2, 0.25) is 0 Å². The average molecular weight is 1270 g/mol. The third-order valence-corrected chi connectivity index (χ3v) is 15.3. The van der Waals surface area contributed by atoms with Crippen molar-refractivity contribution in [1.29, 1.82) is 0 Å². The molecule has 2 aliphatic rings. The fourth-order valence-electron chi connectivity index (χ4n) is 10.9. The summed E-state index contributed by atoms with van der Waals surface area (Å²) in [6.45, 7) is 14.3. The Hall–Kier alpha value is -11.1. The van der Waals surface area contributed by atoms with Crippen LogP contribution in [-0.4, -0.2) is 82.0 Å². The van der Waals surface area contributed by atoms with Gasteiger partial charge in [0, 0.05) is 30.9 Å². The van der Waals surface area contributed by atoms with Crippen LogP contribution in [-0.2, 0) is 35.4 Å². The number of nitrogens with two attached hydrogens (primary N) is 1. The van der Waals surface area contributed by atoms with Gasteiger partial charge in [-0.2, -0.15) is 10.2 Å². The highest BCUT2D eigenvalue weighted by Gasteiger charge is 2.33. The number of benzene rings is 5. The van der Waals surface area contributed by atoms with E-state index in [4.69, 9.17) is 15.2 Å². The van der Waals surface area contributed by atoms with Crippen molar-refractivity contribution in [2.45, 2.75) is 117 Å². The molecule has 8 N–H and O–H groups in total. The van der Waals surface area contributed by atoms with E-state index >= 15 is 0 Å². The number of carbonyl (C=O) groups is 7. The van der Waals surface area contributed by atoms with E-state index in [1.165, 1.54) is 45.7 Å². The second-order valence-electron chi connectivity index (χ2n) is 24.2. The zero-order valence-corrected chi connectivity index (χ0v) is 51.8. The van der Waals surface area contributed by atoms with Gasteiger partial charge in [-0.25, -0.2) is 50.9 Å². The molecule has 93 heavy (non-hydrogen) atoms. The average Bonchev–Trinajstić information content (AvgIpc) is 1.71. The summed E-state index contributed by atoms with van der Waals surface area (Å²) in [4.78, 5) is 101. The number of esters is 2. The molecular formula is C67H65F4N13O9. The highest BCUT2D eigenvalue weighted by atomic mass is 19.2. The summed E-state index contributed by atoms with van der Waals surface area (Å²) in [7, 11) is 0. The maximum absolute atomic E-state index is 14.0. The summed E-state index contributed by atoms with van der Waals surface area (Å²) >= 11 is 0. The molecule has 0 saturated carbocycles. The van der Waals surface area contributed by atoms with E-state index in [9.17, 15) is 51.1 Å². The van der Waals surface area contributed by atoms with Gasteiger partial charge in [-0.1, -0.05) is 42.5 Å². The number of fused-ring (bicyclic) bond motifs is 4. The van der Waals surface area contributed by atoms with Gasteiger partial charge in [0.25, 0.3) is 23.6 Å². The van der Waals surface area contributed by atoms with Crippen molar-refractivity contribution >= 4 is 70.0 Å². The van der Waals surface area contributed by atoms with Crippen LogP contribution in [0, 0.1) is 37.1 Å². The number of aromatic nitrogens is 6. The maximum atomic E-state index is 14.0. The topological polar surface area (TPSA) is 297 Å². The molecule has 6 amide bonds. The van der Waals surface area contributed by atoms with Crippen LogP contribution < -0.4 is 37.6 Å². The van der Waals surface area contributed by atoms with Crippen molar-refractivity contribution in [3.8, 4) is 0 Å². The number of amides is 6. The fraction of sp³-hybridized carbons (Fsp3) is 0.269. The van der Waals surface area contributed by atoms with Crippen molar-refractivity contribution in [3.05, 3.63) is 217 Å². The number of para-hydroxylation sites is 1. The Kier molecular flexibility index (Phi) is 18.4. The molecule has 4 heterocycles.